The lowest BCUT2D eigenvalue weighted by molar-refractivity contribution is -0.187. The van der Waals surface area contributed by atoms with Crippen molar-refractivity contribution in [2.24, 2.45) is 11.8 Å². The van der Waals surface area contributed by atoms with Crippen LogP contribution in [0.2, 0.25) is 0 Å². The average molecular weight is 353 g/mol. The van der Waals surface area contributed by atoms with Crippen molar-refractivity contribution in [2.45, 2.75) is 13.1 Å². The predicted octanol–water partition coefficient (Wildman–Crippen LogP) is 2.85. The third-order valence-electron chi connectivity index (χ3n) is 3.41. The normalized spacial score (nSPS) is 23.1. The number of alkyl halides is 3. The van der Waals surface area contributed by atoms with E-state index in [1.165, 1.54) is 11.1 Å². The molecule has 1 aliphatic rings. The number of aromatic nitrogens is 1. The van der Waals surface area contributed by atoms with Crippen molar-refractivity contribution in [1.29, 1.82) is 0 Å². The summed E-state index contributed by atoms with van der Waals surface area (Å²) in [6.45, 7) is 1.23. The van der Waals surface area contributed by atoms with Gasteiger partial charge in [0.1, 0.15) is 5.82 Å². The van der Waals surface area contributed by atoms with Gasteiger partial charge in [0, 0.05) is 23.8 Å². The molecular weight excluding hydrogens is 341 g/mol. The first-order valence-electron chi connectivity index (χ1n) is 5.86. The lowest BCUT2D eigenvalue weighted by Crippen LogP contribution is -2.33. The minimum absolute atomic E-state index is 0.187. The number of halogens is 4. The van der Waals surface area contributed by atoms with Crippen LogP contribution in [-0.4, -0.2) is 35.3 Å². The molecule has 0 spiro atoms. The predicted molar refractivity (Wildman–Crippen MR) is 69.6 cm³/mol. The first-order valence-corrected chi connectivity index (χ1v) is 6.66. The van der Waals surface area contributed by atoms with Gasteiger partial charge in [-0.1, -0.05) is 0 Å². The molecule has 20 heavy (non-hydrogen) atoms. The molecule has 1 N–H and O–H groups in total. The van der Waals surface area contributed by atoms with Crippen LogP contribution in [0.4, 0.5) is 19.0 Å². The maximum absolute atomic E-state index is 12.9. The number of hydrogen-bond acceptors (Lipinski definition) is 3. The smallest absolute Gasteiger partial charge is 0.394 e. The van der Waals surface area contributed by atoms with E-state index in [9.17, 15) is 18.0 Å². The van der Waals surface area contributed by atoms with Crippen molar-refractivity contribution in [3.8, 4) is 0 Å². The van der Waals surface area contributed by atoms with Gasteiger partial charge in [-0.15, -0.1) is 0 Å². The van der Waals surface area contributed by atoms with Crippen molar-refractivity contribution >= 4 is 27.7 Å². The zero-order valence-corrected chi connectivity index (χ0v) is 12.1. The summed E-state index contributed by atoms with van der Waals surface area (Å²) in [5, 5.41) is 8.96. The molecule has 0 radical (unpaired) electrons. The zero-order chi connectivity index (χ0) is 15.1. The Hall–Kier alpha value is -1.31. The van der Waals surface area contributed by atoms with E-state index in [4.69, 9.17) is 5.11 Å². The zero-order valence-electron chi connectivity index (χ0n) is 10.5. The van der Waals surface area contributed by atoms with Crippen molar-refractivity contribution < 1.29 is 23.1 Å². The Morgan fingerprint density at radius 1 is 1.50 bits per heavy atom. The van der Waals surface area contributed by atoms with E-state index < -0.39 is 24.0 Å². The summed E-state index contributed by atoms with van der Waals surface area (Å²) < 4.78 is 39.4. The third-order valence-corrected chi connectivity index (χ3v) is 4.24. The van der Waals surface area contributed by atoms with E-state index in [0.29, 0.717) is 5.82 Å². The fourth-order valence-electron chi connectivity index (χ4n) is 2.27. The number of carbonyl (C=O) groups is 1. The van der Waals surface area contributed by atoms with Crippen LogP contribution in [0.15, 0.2) is 16.7 Å². The summed E-state index contributed by atoms with van der Waals surface area (Å²) in [4.78, 5) is 16.4. The Labute approximate surface area is 121 Å². The quantitative estimate of drug-likeness (QED) is 0.889. The van der Waals surface area contributed by atoms with E-state index in [2.05, 4.69) is 20.9 Å². The van der Waals surface area contributed by atoms with Crippen molar-refractivity contribution in [2.75, 3.05) is 18.0 Å². The lowest BCUT2D eigenvalue weighted by atomic mass is 9.96. The Morgan fingerprint density at radius 3 is 2.60 bits per heavy atom. The van der Waals surface area contributed by atoms with Gasteiger partial charge in [0.15, 0.2) is 0 Å². The molecule has 4 nitrogen and oxygen atoms in total. The van der Waals surface area contributed by atoms with Crippen LogP contribution in [0, 0.1) is 18.8 Å². The monoisotopic (exact) mass is 352 g/mol. The molecule has 2 rings (SSSR count). The van der Waals surface area contributed by atoms with Crippen LogP contribution < -0.4 is 4.90 Å². The standard InChI is InChI=1S/C12H12BrF3N2O2/c1-6-2-10(17-3-9(6)13)18-4-7(11(19)20)8(5-18)12(14,15)16/h2-3,7-8H,4-5H2,1H3,(H,19,20)/t7-,8-/m1/s1. The number of pyridine rings is 1. The minimum Gasteiger partial charge on any atom is -0.481 e. The molecule has 0 aliphatic carbocycles. The van der Waals surface area contributed by atoms with E-state index in [-0.39, 0.29) is 13.1 Å². The van der Waals surface area contributed by atoms with Crippen LogP contribution in [-0.2, 0) is 4.79 Å². The molecule has 0 unspecified atom stereocenters. The number of hydrogen-bond donors (Lipinski definition) is 1. The van der Waals surface area contributed by atoms with Gasteiger partial charge in [-0.2, -0.15) is 13.2 Å². The Balaban J connectivity index is 2.27. The van der Waals surface area contributed by atoms with Crippen LogP contribution in [0.1, 0.15) is 5.56 Å². The van der Waals surface area contributed by atoms with E-state index in [1.54, 1.807) is 13.0 Å². The molecule has 0 bridgehead atoms. The van der Waals surface area contributed by atoms with E-state index in [0.717, 1.165) is 10.0 Å². The Bertz CT molecular complexity index is 536. The molecule has 1 aliphatic heterocycles. The van der Waals surface area contributed by atoms with Crippen LogP contribution >= 0.6 is 15.9 Å². The number of anilines is 1. The van der Waals surface area contributed by atoms with Gasteiger partial charge in [0.25, 0.3) is 0 Å². The SMILES string of the molecule is Cc1cc(N2C[C@@H](C(F)(F)F)[C@H](C(=O)O)C2)ncc1Br. The maximum Gasteiger partial charge on any atom is 0.394 e. The summed E-state index contributed by atoms with van der Waals surface area (Å²) in [5.41, 5.74) is 0.831. The van der Waals surface area contributed by atoms with E-state index >= 15 is 0 Å². The summed E-state index contributed by atoms with van der Waals surface area (Å²) >= 11 is 3.26. The number of nitrogens with zero attached hydrogens (tertiary/aromatic N) is 2. The van der Waals surface area contributed by atoms with Gasteiger partial charge in [-0.3, -0.25) is 4.79 Å². The summed E-state index contributed by atoms with van der Waals surface area (Å²) in [6.07, 6.45) is -3.02. The first kappa shape index (κ1) is 15.1. The third kappa shape index (κ3) is 2.89. The van der Waals surface area contributed by atoms with Crippen LogP contribution in [0.25, 0.3) is 0 Å². The second-order valence-corrected chi connectivity index (χ2v) is 5.64. The second-order valence-electron chi connectivity index (χ2n) is 4.79. The molecule has 8 heteroatoms. The molecular formula is C12H12BrF3N2O2. The van der Waals surface area contributed by atoms with Crippen molar-refractivity contribution in [3.05, 3.63) is 22.3 Å². The minimum atomic E-state index is -4.53. The molecule has 0 amide bonds. The fourth-order valence-corrected chi connectivity index (χ4v) is 2.49. The Morgan fingerprint density at radius 2 is 2.15 bits per heavy atom. The maximum atomic E-state index is 12.9. The molecule has 1 aromatic rings. The number of carboxylic acids is 1. The van der Waals surface area contributed by atoms with Crippen molar-refractivity contribution in [3.63, 3.8) is 0 Å². The summed E-state index contributed by atoms with van der Waals surface area (Å²) in [6, 6.07) is 1.64. The number of carboxylic acid groups (broad SMARTS) is 1. The molecule has 0 saturated carbocycles. The summed E-state index contributed by atoms with van der Waals surface area (Å²) in [7, 11) is 0. The molecule has 110 valence electrons. The highest BCUT2D eigenvalue weighted by molar-refractivity contribution is 9.10. The van der Waals surface area contributed by atoms with Crippen molar-refractivity contribution in [1.82, 2.24) is 4.98 Å². The fraction of sp³-hybridized carbons (Fsp3) is 0.500. The molecule has 1 saturated heterocycles. The largest absolute Gasteiger partial charge is 0.481 e. The molecule has 1 fully saturated rings. The molecule has 1 aromatic heterocycles. The van der Waals surface area contributed by atoms with Gasteiger partial charge in [-0.25, -0.2) is 4.98 Å². The second kappa shape index (κ2) is 5.23. The number of rotatable bonds is 2. The highest BCUT2D eigenvalue weighted by Gasteiger charge is 2.52. The van der Waals surface area contributed by atoms with Crippen LogP contribution in [0.5, 0.6) is 0 Å². The van der Waals surface area contributed by atoms with Gasteiger partial charge >= 0.3 is 12.1 Å². The molecule has 2 heterocycles. The molecule has 2 atom stereocenters. The first-order chi connectivity index (χ1) is 9.20. The average Bonchev–Trinajstić information content (AvgIpc) is 2.77. The number of aliphatic carboxylic acids is 1. The van der Waals surface area contributed by atoms with Crippen LogP contribution in [0.3, 0.4) is 0 Å². The number of aryl methyl sites for hydroxylation is 1. The lowest BCUT2D eigenvalue weighted by Gasteiger charge is -2.19. The van der Waals surface area contributed by atoms with Gasteiger partial charge < -0.3 is 10.0 Å². The molecule has 0 aromatic carbocycles. The summed E-state index contributed by atoms with van der Waals surface area (Å²) in [5.74, 6) is -4.39. The van der Waals surface area contributed by atoms with Gasteiger partial charge in [0.05, 0.1) is 11.8 Å². The Kier molecular flexibility index (Phi) is 3.95. The topological polar surface area (TPSA) is 53.4 Å². The van der Waals surface area contributed by atoms with E-state index in [1.807, 2.05) is 0 Å². The van der Waals surface area contributed by atoms with Gasteiger partial charge in [0.2, 0.25) is 0 Å². The highest BCUT2D eigenvalue weighted by Crippen LogP contribution is 2.39. The van der Waals surface area contributed by atoms with Gasteiger partial charge in [-0.05, 0) is 34.5 Å². The highest BCUT2D eigenvalue weighted by atomic mass is 79.9.